The highest BCUT2D eigenvalue weighted by atomic mass is 16.6. The van der Waals surface area contributed by atoms with Gasteiger partial charge < -0.3 is 19.5 Å². The molecular formula is C26H31NO4. The molecule has 0 unspecified atom stereocenters. The molecule has 1 saturated carbocycles. The van der Waals surface area contributed by atoms with Gasteiger partial charge in [0.05, 0.1) is 6.61 Å². The predicted octanol–water partition coefficient (Wildman–Crippen LogP) is 5.20. The van der Waals surface area contributed by atoms with Crippen LogP contribution in [0.2, 0.25) is 0 Å². The van der Waals surface area contributed by atoms with Crippen LogP contribution in [0.3, 0.4) is 0 Å². The second kappa shape index (κ2) is 9.15. The van der Waals surface area contributed by atoms with E-state index >= 15 is 0 Å². The van der Waals surface area contributed by atoms with Crippen molar-refractivity contribution in [3.05, 3.63) is 59.7 Å². The van der Waals surface area contributed by atoms with Crippen molar-refractivity contribution in [3.8, 4) is 11.5 Å². The molecule has 1 aliphatic carbocycles. The number of amides is 1. The van der Waals surface area contributed by atoms with Gasteiger partial charge in [0.1, 0.15) is 6.61 Å². The van der Waals surface area contributed by atoms with Crippen LogP contribution in [0.4, 0.5) is 5.69 Å². The Morgan fingerprint density at radius 1 is 1.10 bits per heavy atom. The number of anilines is 1. The van der Waals surface area contributed by atoms with E-state index in [1.54, 1.807) is 6.07 Å². The summed E-state index contributed by atoms with van der Waals surface area (Å²) in [6, 6.07) is 13.7. The van der Waals surface area contributed by atoms with Gasteiger partial charge in [-0.3, -0.25) is 4.79 Å². The number of hydrogen-bond acceptors (Lipinski definition) is 4. The minimum Gasteiger partial charge on any atom is -0.486 e. The lowest BCUT2D eigenvalue weighted by atomic mass is 9.87. The third-order valence-corrected chi connectivity index (χ3v) is 5.49. The SMILES string of the molecule is CC(C)(C)c1ccc(C=CC(=O)Nc2ccc3c(c2)OC[C@@H](COCC2CC2)O3)cc1. The summed E-state index contributed by atoms with van der Waals surface area (Å²) in [7, 11) is 0. The van der Waals surface area contributed by atoms with E-state index in [1.807, 2.05) is 30.3 Å². The molecule has 0 bridgehead atoms. The van der Waals surface area contributed by atoms with E-state index in [4.69, 9.17) is 14.2 Å². The Labute approximate surface area is 184 Å². The van der Waals surface area contributed by atoms with Crippen molar-refractivity contribution >= 4 is 17.7 Å². The number of hydrogen-bond donors (Lipinski definition) is 1. The maximum absolute atomic E-state index is 12.3. The van der Waals surface area contributed by atoms with Gasteiger partial charge in [0.25, 0.3) is 0 Å². The highest BCUT2D eigenvalue weighted by Crippen LogP contribution is 2.34. The molecule has 2 aromatic rings. The molecule has 0 aromatic heterocycles. The second-order valence-electron chi connectivity index (χ2n) is 9.39. The summed E-state index contributed by atoms with van der Waals surface area (Å²) in [4.78, 5) is 12.3. The number of ether oxygens (including phenoxy) is 3. The summed E-state index contributed by atoms with van der Waals surface area (Å²) in [5.41, 5.74) is 3.03. The van der Waals surface area contributed by atoms with E-state index in [9.17, 15) is 4.79 Å². The minimum absolute atomic E-state index is 0.0979. The van der Waals surface area contributed by atoms with Crippen molar-refractivity contribution < 1.29 is 19.0 Å². The van der Waals surface area contributed by atoms with Crippen molar-refractivity contribution in [2.75, 3.05) is 25.1 Å². The zero-order valence-corrected chi connectivity index (χ0v) is 18.5. The highest BCUT2D eigenvalue weighted by molar-refractivity contribution is 6.02. The van der Waals surface area contributed by atoms with E-state index in [0.717, 1.165) is 18.1 Å². The first-order valence-corrected chi connectivity index (χ1v) is 11.0. The second-order valence-corrected chi connectivity index (χ2v) is 9.39. The average molecular weight is 422 g/mol. The third kappa shape index (κ3) is 6.11. The predicted molar refractivity (Wildman–Crippen MR) is 123 cm³/mol. The number of rotatable bonds is 7. The molecular weight excluding hydrogens is 390 g/mol. The fourth-order valence-corrected chi connectivity index (χ4v) is 3.38. The Kier molecular flexibility index (Phi) is 6.33. The van der Waals surface area contributed by atoms with Crippen LogP contribution >= 0.6 is 0 Å². The van der Waals surface area contributed by atoms with Crippen LogP contribution in [0.15, 0.2) is 48.5 Å². The van der Waals surface area contributed by atoms with E-state index in [-0.39, 0.29) is 17.4 Å². The maximum Gasteiger partial charge on any atom is 0.248 e. The van der Waals surface area contributed by atoms with Crippen LogP contribution in [0.1, 0.15) is 44.7 Å². The highest BCUT2D eigenvalue weighted by Gasteiger charge is 2.25. The number of nitrogens with one attached hydrogen (secondary N) is 1. The fourth-order valence-electron chi connectivity index (χ4n) is 3.38. The fraction of sp³-hybridized carbons (Fsp3) is 0.423. The van der Waals surface area contributed by atoms with Gasteiger partial charge in [-0.1, -0.05) is 45.0 Å². The van der Waals surface area contributed by atoms with E-state index < -0.39 is 0 Å². The normalized spacial score (nSPS) is 18.2. The maximum atomic E-state index is 12.3. The molecule has 164 valence electrons. The molecule has 4 rings (SSSR count). The van der Waals surface area contributed by atoms with Gasteiger partial charge in [0.15, 0.2) is 17.6 Å². The largest absolute Gasteiger partial charge is 0.486 e. The summed E-state index contributed by atoms with van der Waals surface area (Å²) in [5, 5.41) is 2.88. The Hall–Kier alpha value is -2.79. The number of carbonyl (C=O) groups is 1. The van der Waals surface area contributed by atoms with Crippen LogP contribution in [0.5, 0.6) is 11.5 Å². The number of carbonyl (C=O) groups excluding carboxylic acids is 1. The molecule has 5 nitrogen and oxygen atoms in total. The Morgan fingerprint density at radius 3 is 2.58 bits per heavy atom. The van der Waals surface area contributed by atoms with Crippen molar-refractivity contribution in [1.29, 1.82) is 0 Å². The van der Waals surface area contributed by atoms with Gasteiger partial charge >= 0.3 is 0 Å². The van der Waals surface area contributed by atoms with Gasteiger partial charge in [-0.2, -0.15) is 0 Å². The van der Waals surface area contributed by atoms with Crippen molar-refractivity contribution in [2.24, 2.45) is 5.92 Å². The van der Waals surface area contributed by atoms with Crippen molar-refractivity contribution in [2.45, 2.75) is 45.1 Å². The van der Waals surface area contributed by atoms with Crippen LogP contribution in [0.25, 0.3) is 6.08 Å². The topological polar surface area (TPSA) is 56.8 Å². The lowest BCUT2D eigenvalue weighted by molar-refractivity contribution is -0.111. The molecule has 5 heteroatoms. The molecule has 1 N–H and O–H groups in total. The molecule has 1 fully saturated rings. The van der Waals surface area contributed by atoms with Gasteiger partial charge in [-0.15, -0.1) is 0 Å². The summed E-state index contributed by atoms with van der Waals surface area (Å²) < 4.78 is 17.5. The Bertz CT molecular complexity index is 939. The molecule has 2 aromatic carbocycles. The van der Waals surface area contributed by atoms with Crippen LogP contribution in [-0.4, -0.2) is 31.8 Å². The summed E-state index contributed by atoms with van der Waals surface area (Å²) in [6.45, 7) is 8.34. The Morgan fingerprint density at radius 2 is 1.87 bits per heavy atom. The molecule has 1 heterocycles. The van der Waals surface area contributed by atoms with Gasteiger partial charge in [-0.05, 0) is 53.5 Å². The lowest BCUT2D eigenvalue weighted by Crippen LogP contribution is -2.33. The van der Waals surface area contributed by atoms with Gasteiger partial charge in [0, 0.05) is 24.4 Å². The van der Waals surface area contributed by atoms with E-state index in [2.05, 4.69) is 38.2 Å². The molecule has 0 saturated heterocycles. The molecule has 0 spiro atoms. The molecule has 1 aliphatic heterocycles. The molecule has 0 radical (unpaired) electrons. The smallest absolute Gasteiger partial charge is 0.248 e. The van der Waals surface area contributed by atoms with Gasteiger partial charge in [-0.25, -0.2) is 0 Å². The molecule has 1 amide bonds. The van der Waals surface area contributed by atoms with Gasteiger partial charge in [0.2, 0.25) is 5.91 Å². The van der Waals surface area contributed by atoms with Crippen LogP contribution < -0.4 is 14.8 Å². The third-order valence-electron chi connectivity index (χ3n) is 5.49. The first kappa shape index (κ1) is 21.4. The summed E-state index contributed by atoms with van der Waals surface area (Å²) >= 11 is 0. The monoisotopic (exact) mass is 421 g/mol. The van der Waals surface area contributed by atoms with E-state index in [0.29, 0.717) is 30.4 Å². The quantitative estimate of drug-likeness (QED) is 0.624. The zero-order chi connectivity index (χ0) is 21.8. The first-order valence-electron chi connectivity index (χ1n) is 11.0. The number of benzene rings is 2. The van der Waals surface area contributed by atoms with Crippen molar-refractivity contribution in [3.63, 3.8) is 0 Å². The first-order chi connectivity index (χ1) is 14.9. The molecule has 1 atom stereocenters. The van der Waals surface area contributed by atoms with Crippen LogP contribution in [-0.2, 0) is 14.9 Å². The van der Waals surface area contributed by atoms with Crippen molar-refractivity contribution in [1.82, 2.24) is 0 Å². The molecule has 31 heavy (non-hydrogen) atoms. The lowest BCUT2D eigenvalue weighted by Gasteiger charge is -2.26. The Balaban J connectivity index is 1.29. The van der Waals surface area contributed by atoms with Crippen LogP contribution in [0, 0.1) is 5.92 Å². The summed E-state index contributed by atoms with van der Waals surface area (Å²) in [6.07, 6.45) is 5.80. The standard InChI is InChI=1S/C26H31NO4/c1-26(2,3)20-9-6-18(7-10-20)8-13-25(28)27-21-11-12-23-24(14-21)30-17-22(31-23)16-29-15-19-4-5-19/h6-14,19,22H,4-5,15-17H2,1-3H3,(H,27,28)/t22-/m1/s1. The number of fused-ring (bicyclic) bond motifs is 1. The zero-order valence-electron chi connectivity index (χ0n) is 18.5. The van der Waals surface area contributed by atoms with E-state index in [1.165, 1.54) is 24.5 Å². The molecule has 2 aliphatic rings. The average Bonchev–Trinajstić information content (AvgIpc) is 3.56. The minimum atomic E-state index is -0.192. The summed E-state index contributed by atoms with van der Waals surface area (Å²) in [5.74, 6) is 1.86.